The Morgan fingerprint density at radius 2 is 2.22 bits per heavy atom. The molecule has 0 amide bonds. The highest BCUT2D eigenvalue weighted by atomic mass is 16.5. The first-order chi connectivity index (χ1) is 8.76. The first kappa shape index (κ1) is 12.4. The fourth-order valence-electron chi connectivity index (χ4n) is 3.40. The van der Waals surface area contributed by atoms with E-state index >= 15 is 0 Å². The van der Waals surface area contributed by atoms with Crippen molar-refractivity contribution in [1.29, 1.82) is 0 Å². The Morgan fingerprint density at radius 1 is 1.39 bits per heavy atom. The Kier molecular flexibility index (Phi) is 3.55. The van der Waals surface area contributed by atoms with Gasteiger partial charge >= 0.3 is 0 Å². The van der Waals surface area contributed by atoms with Gasteiger partial charge in [0.05, 0.1) is 6.10 Å². The van der Waals surface area contributed by atoms with Gasteiger partial charge in [-0.15, -0.1) is 0 Å². The molecule has 3 heteroatoms. The van der Waals surface area contributed by atoms with E-state index in [0.717, 1.165) is 25.6 Å². The Balaban J connectivity index is 1.61. The van der Waals surface area contributed by atoms with Crippen molar-refractivity contribution in [2.75, 3.05) is 46.9 Å². The SMILES string of the molecule is COC1CN(CC2CC=CC3=C2CCN(C)C3)C1. The van der Waals surface area contributed by atoms with Gasteiger partial charge in [0.1, 0.15) is 0 Å². The van der Waals surface area contributed by atoms with Crippen LogP contribution in [0.4, 0.5) is 0 Å². The highest BCUT2D eigenvalue weighted by molar-refractivity contribution is 5.35. The largest absolute Gasteiger partial charge is 0.379 e. The Hall–Kier alpha value is -0.640. The average Bonchev–Trinajstić information content (AvgIpc) is 2.32. The normalized spacial score (nSPS) is 30.4. The molecule has 1 saturated heterocycles. The number of likely N-dealkylation sites (tertiary alicyclic amines) is 1. The molecule has 1 unspecified atom stereocenters. The highest BCUT2D eigenvalue weighted by Gasteiger charge is 2.31. The van der Waals surface area contributed by atoms with Gasteiger partial charge in [0, 0.05) is 39.8 Å². The van der Waals surface area contributed by atoms with Crippen molar-refractivity contribution in [2.45, 2.75) is 18.9 Å². The molecule has 3 aliphatic rings. The number of ether oxygens (including phenoxy) is 1. The molecule has 0 saturated carbocycles. The topological polar surface area (TPSA) is 15.7 Å². The van der Waals surface area contributed by atoms with Gasteiger partial charge in [0.25, 0.3) is 0 Å². The van der Waals surface area contributed by atoms with Crippen molar-refractivity contribution in [2.24, 2.45) is 5.92 Å². The second-order valence-corrected chi connectivity index (χ2v) is 5.95. The lowest BCUT2D eigenvalue weighted by molar-refractivity contribution is -0.0340. The van der Waals surface area contributed by atoms with Gasteiger partial charge in [0.2, 0.25) is 0 Å². The molecular formula is C15H24N2O. The number of hydrogen-bond acceptors (Lipinski definition) is 3. The summed E-state index contributed by atoms with van der Waals surface area (Å²) in [7, 11) is 4.04. The highest BCUT2D eigenvalue weighted by Crippen LogP contribution is 2.32. The van der Waals surface area contributed by atoms with Crippen LogP contribution in [0, 0.1) is 5.92 Å². The zero-order chi connectivity index (χ0) is 12.5. The molecule has 100 valence electrons. The summed E-state index contributed by atoms with van der Waals surface area (Å²) >= 11 is 0. The summed E-state index contributed by atoms with van der Waals surface area (Å²) in [6.45, 7) is 5.85. The summed E-state index contributed by atoms with van der Waals surface area (Å²) in [5, 5.41) is 0. The van der Waals surface area contributed by atoms with Crippen molar-refractivity contribution < 1.29 is 4.74 Å². The van der Waals surface area contributed by atoms with Crippen molar-refractivity contribution >= 4 is 0 Å². The third-order valence-electron chi connectivity index (χ3n) is 4.58. The van der Waals surface area contributed by atoms with Crippen LogP contribution < -0.4 is 0 Å². The maximum Gasteiger partial charge on any atom is 0.0824 e. The smallest absolute Gasteiger partial charge is 0.0824 e. The quantitative estimate of drug-likeness (QED) is 0.753. The molecule has 0 spiro atoms. The van der Waals surface area contributed by atoms with Gasteiger partial charge in [-0.25, -0.2) is 0 Å². The second kappa shape index (κ2) is 5.16. The maximum atomic E-state index is 5.35. The van der Waals surface area contributed by atoms with Crippen LogP contribution in [0.1, 0.15) is 12.8 Å². The minimum atomic E-state index is 0.482. The fraction of sp³-hybridized carbons (Fsp3) is 0.733. The van der Waals surface area contributed by atoms with Gasteiger partial charge in [0.15, 0.2) is 0 Å². The molecule has 0 aromatic carbocycles. The number of allylic oxidation sites excluding steroid dienone is 1. The van der Waals surface area contributed by atoms with E-state index in [9.17, 15) is 0 Å². The molecule has 1 atom stereocenters. The zero-order valence-corrected chi connectivity index (χ0v) is 11.6. The van der Waals surface area contributed by atoms with Crippen LogP contribution in [-0.2, 0) is 4.74 Å². The molecule has 0 radical (unpaired) electrons. The molecule has 3 rings (SSSR count). The van der Waals surface area contributed by atoms with Gasteiger partial charge in [-0.1, -0.05) is 17.7 Å². The molecule has 3 nitrogen and oxygen atoms in total. The van der Waals surface area contributed by atoms with Crippen LogP contribution in [0.15, 0.2) is 23.3 Å². The zero-order valence-electron chi connectivity index (χ0n) is 11.6. The number of likely N-dealkylation sites (N-methyl/N-ethyl adjacent to an activating group) is 1. The molecule has 18 heavy (non-hydrogen) atoms. The Labute approximate surface area is 110 Å². The fourth-order valence-corrected chi connectivity index (χ4v) is 3.40. The van der Waals surface area contributed by atoms with Crippen LogP contribution >= 0.6 is 0 Å². The Bertz CT molecular complexity index is 369. The third-order valence-corrected chi connectivity index (χ3v) is 4.58. The van der Waals surface area contributed by atoms with E-state index in [1.165, 1.54) is 25.9 Å². The lowest BCUT2D eigenvalue weighted by atomic mass is 9.82. The molecule has 0 N–H and O–H groups in total. The molecule has 0 aromatic rings. The standard InChI is InChI=1S/C15H24N2O/c1-16-7-6-15-12(8-16)4-3-5-13(15)9-17-10-14(11-17)18-2/h3-4,13-14H,5-11H2,1-2H3. The van der Waals surface area contributed by atoms with Crippen molar-refractivity contribution in [3.63, 3.8) is 0 Å². The van der Waals surface area contributed by atoms with Crippen molar-refractivity contribution in [3.8, 4) is 0 Å². The van der Waals surface area contributed by atoms with Gasteiger partial charge in [-0.3, -0.25) is 4.90 Å². The van der Waals surface area contributed by atoms with E-state index in [1.807, 2.05) is 7.11 Å². The summed E-state index contributed by atoms with van der Waals surface area (Å²) in [6, 6.07) is 0. The predicted octanol–water partition coefficient (Wildman–Crippen LogP) is 1.53. The minimum absolute atomic E-state index is 0.482. The van der Waals surface area contributed by atoms with Crippen LogP contribution in [0.5, 0.6) is 0 Å². The number of rotatable bonds is 3. The van der Waals surface area contributed by atoms with E-state index in [4.69, 9.17) is 4.74 Å². The monoisotopic (exact) mass is 248 g/mol. The van der Waals surface area contributed by atoms with E-state index in [1.54, 1.807) is 11.1 Å². The molecule has 2 aliphatic heterocycles. The van der Waals surface area contributed by atoms with Crippen molar-refractivity contribution in [3.05, 3.63) is 23.3 Å². The van der Waals surface area contributed by atoms with Gasteiger partial charge < -0.3 is 9.64 Å². The first-order valence-corrected chi connectivity index (χ1v) is 7.08. The van der Waals surface area contributed by atoms with E-state index < -0.39 is 0 Å². The third kappa shape index (κ3) is 2.40. The summed E-state index contributed by atoms with van der Waals surface area (Å²) in [5.74, 6) is 0.761. The van der Waals surface area contributed by atoms with E-state index in [2.05, 4.69) is 29.0 Å². The molecule has 1 aliphatic carbocycles. The van der Waals surface area contributed by atoms with Crippen LogP contribution in [0.3, 0.4) is 0 Å². The van der Waals surface area contributed by atoms with Gasteiger partial charge in [-0.05, 0) is 31.4 Å². The molecular weight excluding hydrogens is 224 g/mol. The predicted molar refractivity (Wildman–Crippen MR) is 73.6 cm³/mol. The average molecular weight is 248 g/mol. The molecule has 2 heterocycles. The maximum absolute atomic E-state index is 5.35. The van der Waals surface area contributed by atoms with Crippen LogP contribution in [0.25, 0.3) is 0 Å². The van der Waals surface area contributed by atoms with Gasteiger partial charge in [-0.2, -0.15) is 0 Å². The summed E-state index contributed by atoms with van der Waals surface area (Å²) in [5.41, 5.74) is 3.32. The Morgan fingerprint density at radius 3 is 3.00 bits per heavy atom. The first-order valence-electron chi connectivity index (χ1n) is 7.08. The number of nitrogens with zero attached hydrogens (tertiary/aromatic N) is 2. The van der Waals surface area contributed by atoms with E-state index in [0.29, 0.717) is 6.10 Å². The number of hydrogen-bond donors (Lipinski definition) is 0. The summed E-state index contributed by atoms with van der Waals surface area (Å²) < 4.78 is 5.35. The minimum Gasteiger partial charge on any atom is -0.379 e. The van der Waals surface area contributed by atoms with Crippen LogP contribution in [0.2, 0.25) is 0 Å². The molecule has 1 fully saturated rings. The molecule has 0 bridgehead atoms. The lowest BCUT2D eigenvalue weighted by Gasteiger charge is -2.42. The van der Waals surface area contributed by atoms with Crippen LogP contribution in [-0.4, -0.2) is 62.8 Å². The number of methoxy groups -OCH3 is 1. The summed E-state index contributed by atoms with van der Waals surface area (Å²) in [6.07, 6.45) is 7.71. The molecule has 0 aromatic heterocycles. The van der Waals surface area contributed by atoms with E-state index in [-0.39, 0.29) is 0 Å². The lowest BCUT2D eigenvalue weighted by Crippen LogP contribution is -2.53. The summed E-state index contributed by atoms with van der Waals surface area (Å²) in [4.78, 5) is 4.97. The van der Waals surface area contributed by atoms with Crippen molar-refractivity contribution in [1.82, 2.24) is 9.80 Å². The second-order valence-electron chi connectivity index (χ2n) is 5.95.